The molecule has 3 rings (SSSR count). The lowest BCUT2D eigenvalue weighted by Crippen LogP contribution is -2.52. The number of hydrogen-bond donors (Lipinski definition) is 4. The molecule has 0 saturated carbocycles. The lowest BCUT2D eigenvalue weighted by Gasteiger charge is -2.21. The van der Waals surface area contributed by atoms with E-state index in [2.05, 4.69) is 10.6 Å². The zero-order valence-electron chi connectivity index (χ0n) is 17.2. The van der Waals surface area contributed by atoms with E-state index in [-0.39, 0.29) is 12.5 Å². The summed E-state index contributed by atoms with van der Waals surface area (Å²) in [6.45, 7) is 1.19. The summed E-state index contributed by atoms with van der Waals surface area (Å²) >= 11 is 0. The van der Waals surface area contributed by atoms with Crippen LogP contribution in [0.15, 0.2) is 48.5 Å². The molecule has 0 unspecified atom stereocenters. The molecule has 4 N–H and O–H groups in total. The Kier molecular flexibility index (Phi) is 7.25. The van der Waals surface area contributed by atoms with Gasteiger partial charge in [-0.2, -0.15) is 0 Å². The number of carboxylic acids is 1. The lowest BCUT2D eigenvalue weighted by molar-refractivity contribution is -0.143. The highest BCUT2D eigenvalue weighted by atomic mass is 16.5. The number of aliphatic hydroxyl groups excluding tert-OH is 1. The van der Waals surface area contributed by atoms with Gasteiger partial charge in [0.1, 0.15) is 18.7 Å². The summed E-state index contributed by atoms with van der Waals surface area (Å²) in [5.74, 6) is -2.15. The van der Waals surface area contributed by atoms with Gasteiger partial charge in [0.15, 0.2) is 0 Å². The van der Waals surface area contributed by atoms with E-state index in [1.165, 1.54) is 0 Å². The van der Waals surface area contributed by atoms with Gasteiger partial charge in [0.25, 0.3) is 0 Å². The fraction of sp³-hybridized carbons (Fsp3) is 0.348. The molecule has 0 bridgehead atoms. The van der Waals surface area contributed by atoms with Crippen molar-refractivity contribution in [3.05, 3.63) is 59.7 Å². The van der Waals surface area contributed by atoms with Crippen molar-refractivity contribution >= 4 is 18.0 Å². The molecule has 2 atom stereocenters. The number of amides is 2. The Hall–Kier alpha value is -3.39. The second-order valence-corrected chi connectivity index (χ2v) is 7.39. The molecule has 0 saturated heterocycles. The number of benzene rings is 2. The molecule has 0 aromatic heterocycles. The first-order chi connectivity index (χ1) is 15.0. The van der Waals surface area contributed by atoms with E-state index >= 15 is 0 Å². The van der Waals surface area contributed by atoms with Gasteiger partial charge in [-0.1, -0.05) is 61.9 Å². The van der Waals surface area contributed by atoms with Crippen molar-refractivity contribution in [3.8, 4) is 11.1 Å². The van der Waals surface area contributed by atoms with Crippen molar-refractivity contribution in [2.45, 2.75) is 37.8 Å². The quantitative estimate of drug-likeness (QED) is 0.487. The molecule has 8 nitrogen and oxygen atoms in total. The normalized spacial score (nSPS) is 14.1. The number of carbonyl (C=O) groups is 3. The van der Waals surface area contributed by atoms with Gasteiger partial charge in [-0.05, 0) is 28.7 Å². The number of fused-ring (bicyclic) bond motifs is 3. The molecule has 1 aliphatic rings. The second kappa shape index (κ2) is 10.1. The summed E-state index contributed by atoms with van der Waals surface area (Å²) in [6, 6.07) is 13.5. The Balaban J connectivity index is 1.64. The van der Waals surface area contributed by atoms with Crippen LogP contribution < -0.4 is 10.6 Å². The summed E-state index contributed by atoms with van der Waals surface area (Å²) < 4.78 is 5.45. The predicted molar refractivity (Wildman–Crippen MR) is 114 cm³/mol. The largest absolute Gasteiger partial charge is 0.480 e. The first-order valence-electron chi connectivity index (χ1n) is 10.2. The van der Waals surface area contributed by atoms with E-state index in [1.807, 2.05) is 55.5 Å². The molecule has 0 fully saturated rings. The van der Waals surface area contributed by atoms with Crippen LogP contribution in [0, 0.1) is 0 Å². The molecule has 1 aliphatic carbocycles. The maximum Gasteiger partial charge on any atom is 0.407 e. The second-order valence-electron chi connectivity index (χ2n) is 7.39. The Morgan fingerprint density at radius 2 is 1.55 bits per heavy atom. The molecule has 0 aliphatic heterocycles. The van der Waals surface area contributed by atoms with Crippen LogP contribution in [0.1, 0.15) is 36.8 Å². The SMILES string of the molecule is CCC[C@H](NC(=O)OCC1c2ccccc2-c2ccccc21)C(=O)N[C@@H](CO)C(=O)O. The van der Waals surface area contributed by atoms with Gasteiger partial charge in [0, 0.05) is 5.92 Å². The molecule has 0 spiro atoms. The molecule has 0 radical (unpaired) electrons. The van der Waals surface area contributed by atoms with Crippen molar-refractivity contribution in [2.24, 2.45) is 0 Å². The Morgan fingerprint density at radius 1 is 0.968 bits per heavy atom. The number of aliphatic carboxylic acids is 1. The number of nitrogens with one attached hydrogen (secondary N) is 2. The van der Waals surface area contributed by atoms with E-state index in [9.17, 15) is 14.4 Å². The molecule has 2 aromatic carbocycles. The third kappa shape index (κ3) is 5.03. The van der Waals surface area contributed by atoms with Crippen molar-refractivity contribution < 1.29 is 29.3 Å². The molecule has 0 heterocycles. The summed E-state index contributed by atoms with van der Waals surface area (Å²) in [6.07, 6.45) is 0.123. The summed E-state index contributed by atoms with van der Waals surface area (Å²) in [4.78, 5) is 35.8. The molecule has 2 aromatic rings. The fourth-order valence-corrected chi connectivity index (χ4v) is 3.80. The molecule has 8 heteroatoms. The van der Waals surface area contributed by atoms with Crippen LogP contribution in [0.25, 0.3) is 11.1 Å². The number of ether oxygens (including phenoxy) is 1. The Morgan fingerprint density at radius 3 is 2.06 bits per heavy atom. The minimum absolute atomic E-state index is 0.106. The summed E-state index contributed by atoms with van der Waals surface area (Å²) in [7, 11) is 0. The molecule has 2 amide bonds. The van der Waals surface area contributed by atoms with Crippen LogP contribution in [-0.4, -0.2) is 53.5 Å². The van der Waals surface area contributed by atoms with Gasteiger partial charge in [0.05, 0.1) is 6.61 Å². The van der Waals surface area contributed by atoms with E-state index in [1.54, 1.807) is 0 Å². The Labute approximate surface area is 180 Å². The highest BCUT2D eigenvalue weighted by Gasteiger charge is 2.30. The summed E-state index contributed by atoms with van der Waals surface area (Å²) in [5.41, 5.74) is 4.37. The highest BCUT2D eigenvalue weighted by molar-refractivity contribution is 5.89. The van der Waals surface area contributed by atoms with Crippen LogP contribution in [0.3, 0.4) is 0 Å². The number of rotatable bonds is 9. The molecular formula is C23H26N2O6. The average molecular weight is 426 g/mol. The predicted octanol–water partition coefficient (Wildman–Crippen LogP) is 2.26. The lowest BCUT2D eigenvalue weighted by atomic mass is 9.98. The average Bonchev–Trinajstić information content (AvgIpc) is 3.09. The number of carboxylic acid groups (broad SMARTS) is 1. The number of aliphatic hydroxyl groups is 1. The van der Waals surface area contributed by atoms with Crippen LogP contribution in [0.4, 0.5) is 4.79 Å². The monoisotopic (exact) mass is 426 g/mol. The van der Waals surface area contributed by atoms with Crippen LogP contribution in [-0.2, 0) is 14.3 Å². The van der Waals surface area contributed by atoms with E-state index in [0.717, 1.165) is 22.3 Å². The zero-order chi connectivity index (χ0) is 22.4. The zero-order valence-corrected chi connectivity index (χ0v) is 17.2. The Bertz CT molecular complexity index is 915. The topological polar surface area (TPSA) is 125 Å². The number of alkyl carbamates (subject to hydrolysis) is 1. The standard InChI is InChI=1S/C23H26N2O6/c1-2-7-19(21(27)24-20(12-26)22(28)29)25-23(30)31-13-18-16-10-5-3-8-14(16)15-9-4-6-11-17(15)18/h3-6,8-11,18-20,26H,2,7,12-13H2,1H3,(H,24,27)(H,25,30)(H,28,29)/t19-,20-/m0/s1. The van der Waals surface area contributed by atoms with Crippen molar-refractivity contribution in [3.63, 3.8) is 0 Å². The van der Waals surface area contributed by atoms with Crippen molar-refractivity contribution in [2.75, 3.05) is 13.2 Å². The maximum atomic E-state index is 12.4. The van der Waals surface area contributed by atoms with Crippen LogP contribution in [0.5, 0.6) is 0 Å². The van der Waals surface area contributed by atoms with E-state index in [0.29, 0.717) is 12.8 Å². The van der Waals surface area contributed by atoms with Crippen molar-refractivity contribution in [1.82, 2.24) is 10.6 Å². The number of carbonyl (C=O) groups excluding carboxylic acids is 2. The minimum Gasteiger partial charge on any atom is -0.480 e. The van der Waals surface area contributed by atoms with Gasteiger partial charge in [0.2, 0.25) is 5.91 Å². The molecule has 31 heavy (non-hydrogen) atoms. The maximum absolute atomic E-state index is 12.4. The first-order valence-corrected chi connectivity index (χ1v) is 10.2. The first kappa shape index (κ1) is 22.3. The molecule has 164 valence electrons. The van der Waals surface area contributed by atoms with Gasteiger partial charge in [-0.15, -0.1) is 0 Å². The smallest absolute Gasteiger partial charge is 0.407 e. The van der Waals surface area contributed by atoms with E-state index in [4.69, 9.17) is 14.9 Å². The minimum atomic E-state index is -1.43. The van der Waals surface area contributed by atoms with Gasteiger partial charge in [-0.3, -0.25) is 4.79 Å². The number of hydrogen-bond acceptors (Lipinski definition) is 5. The molecular weight excluding hydrogens is 400 g/mol. The summed E-state index contributed by atoms with van der Waals surface area (Å²) in [5, 5.41) is 22.8. The van der Waals surface area contributed by atoms with Gasteiger partial charge >= 0.3 is 12.1 Å². The third-order valence-electron chi connectivity index (χ3n) is 5.33. The van der Waals surface area contributed by atoms with Gasteiger partial charge in [-0.25, -0.2) is 9.59 Å². The highest BCUT2D eigenvalue weighted by Crippen LogP contribution is 2.44. The fourth-order valence-electron chi connectivity index (χ4n) is 3.80. The van der Waals surface area contributed by atoms with Crippen molar-refractivity contribution in [1.29, 1.82) is 0 Å². The van der Waals surface area contributed by atoms with Crippen LogP contribution in [0.2, 0.25) is 0 Å². The van der Waals surface area contributed by atoms with Crippen LogP contribution >= 0.6 is 0 Å². The van der Waals surface area contributed by atoms with Gasteiger partial charge < -0.3 is 25.6 Å². The van der Waals surface area contributed by atoms with E-state index < -0.39 is 36.7 Å². The third-order valence-corrected chi connectivity index (χ3v) is 5.33.